The molecule has 0 saturated heterocycles. The van der Waals surface area contributed by atoms with E-state index < -0.39 is 0 Å². The lowest BCUT2D eigenvalue weighted by Gasteiger charge is -2.01. The number of aromatic nitrogens is 2. The van der Waals surface area contributed by atoms with Gasteiger partial charge in [-0.15, -0.1) is 0 Å². The van der Waals surface area contributed by atoms with Crippen LogP contribution in [0.2, 0.25) is 0 Å². The molecule has 0 radical (unpaired) electrons. The third-order valence-corrected chi connectivity index (χ3v) is 1.34. The Morgan fingerprint density at radius 3 is 2.64 bits per heavy atom. The zero-order valence-electron chi connectivity index (χ0n) is 6.78. The molecule has 0 spiro atoms. The van der Waals surface area contributed by atoms with Crippen LogP contribution in [0.15, 0.2) is 12.4 Å². The second kappa shape index (κ2) is 3.44. The summed E-state index contributed by atoms with van der Waals surface area (Å²) >= 11 is 0. The number of hydrogen-bond acceptors (Lipinski definition) is 3. The highest BCUT2D eigenvalue weighted by Gasteiger charge is 1.99. The molecule has 1 rings (SSSR count). The molecule has 3 heteroatoms. The van der Waals surface area contributed by atoms with Gasteiger partial charge in [0.05, 0.1) is 17.5 Å². The fourth-order valence-corrected chi connectivity index (χ4v) is 0.827. The highest BCUT2D eigenvalue weighted by atomic mass is 16.3. The standard InChI is InChI=1S/C8H12N2O/c1-6-4-10-8(5-9-6)3-7(2)11/h4-5,7,11H,3H2,1-2H3. The first-order valence-electron chi connectivity index (χ1n) is 3.64. The zero-order valence-corrected chi connectivity index (χ0v) is 6.78. The van der Waals surface area contributed by atoms with Gasteiger partial charge in [-0.3, -0.25) is 9.97 Å². The van der Waals surface area contributed by atoms with Crippen molar-refractivity contribution in [1.29, 1.82) is 0 Å². The molecule has 11 heavy (non-hydrogen) atoms. The Morgan fingerprint density at radius 1 is 1.45 bits per heavy atom. The second-order valence-corrected chi connectivity index (χ2v) is 2.70. The molecule has 0 saturated carbocycles. The van der Waals surface area contributed by atoms with Gasteiger partial charge in [0.15, 0.2) is 0 Å². The first-order chi connectivity index (χ1) is 5.18. The second-order valence-electron chi connectivity index (χ2n) is 2.70. The van der Waals surface area contributed by atoms with Crippen molar-refractivity contribution < 1.29 is 5.11 Å². The number of aliphatic hydroxyl groups is 1. The lowest BCUT2D eigenvalue weighted by Crippen LogP contribution is -2.06. The van der Waals surface area contributed by atoms with Crippen molar-refractivity contribution in [3.05, 3.63) is 23.8 Å². The molecule has 0 fully saturated rings. The van der Waals surface area contributed by atoms with Crippen LogP contribution >= 0.6 is 0 Å². The number of nitrogens with zero attached hydrogens (tertiary/aromatic N) is 2. The molecule has 0 aromatic carbocycles. The zero-order chi connectivity index (χ0) is 8.27. The molecule has 1 unspecified atom stereocenters. The highest BCUT2D eigenvalue weighted by molar-refractivity contribution is 5.01. The van der Waals surface area contributed by atoms with Crippen LogP contribution in [0.5, 0.6) is 0 Å². The summed E-state index contributed by atoms with van der Waals surface area (Å²) in [5.41, 5.74) is 1.74. The van der Waals surface area contributed by atoms with E-state index in [-0.39, 0.29) is 6.10 Å². The predicted molar refractivity (Wildman–Crippen MR) is 42.2 cm³/mol. The van der Waals surface area contributed by atoms with Gasteiger partial charge in [0.1, 0.15) is 0 Å². The summed E-state index contributed by atoms with van der Waals surface area (Å²) < 4.78 is 0. The fraction of sp³-hybridized carbons (Fsp3) is 0.500. The maximum Gasteiger partial charge on any atom is 0.0612 e. The molecule has 1 heterocycles. The van der Waals surface area contributed by atoms with Crippen LogP contribution in [0.25, 0.3) is 0 Å². The van der Waals surface area contributed by atoms with E-state index in [9.17, 15) is 0 Å². The van der Waals surface area contributed by atoms with Crippen LogP contribution in [-0.2, 0) is 6.42 Å². The van der Waals surface area contributed by atoms with Crippen molar-refractivity contribution in [3.63, 3.8) is 0 Å². The number of hydrogen-bond donors (Lipinski definition) is 1. The van der Waals surface area contributed by atoms with E-state index >= 15 is 0 Å². The Hall–Kier alpha value is -0.960. The minimum Gasteiger partial charge on any atom is -0.393 e. The largest absolute Gasteiger partial charge is 0.393 e. The minimum absolute atomic E-state index is 0.341. The van der Waals surface area contributed by atoms with Gasteiger partial charge in [0.2, 0.25) is 0 Å². The van der Waals surface area contributed by atoms with E-state index in [4.69, 9.17) is 5.11 Å². The van der Waals surface area contributed by atoms with E-state index in [0.29, 0.717) is 6.42 Å². The summed E-state index contributed by atoms with van der Waals surface area (Å²) in [6.45, 7) is 3.63. The fourth-order valence-electron chi connectivity index (χ4n) is 0.827. The molecule has 0 bridgehead atoms. The molecule has 1 aromatic heterocycles. The Bertz CT molecular complexity index is 218. The molecular weight excluding hydrogens is 140 g/mol. The highest BCUT2D eigenvalue weighted by Crippen LogP contribution is 1.97. The first-order valence-corrected chi connectivity index (χ1v) is 3.64. The van der Waals surface area contributed by atoms with Crippen LogP contribution < -0.4 is 0 Å². The normalized spacial score (nSPS) is 13.0. The summed E-state index contributed by atoms with van der Waals surface area (Å²) in [6.07, 6.45) is 3.64. The number of aliphatic hydroxyl groups excluding tert-OH is 1. The van der Waals surface area contributed by atoms with E-state index in [1.807, 2.05) is 6.92 Å². The Kier molecular flexibility index (Phi) is 2.54. The monoisotopic (exact) mass is 152 g/mol. The van der Waals surface area contributed by atoms with E-state index in [2.05, 4.69) is 9.97 Å². The molecule has 1 atom stereocenters. The van der Waals surface area contributed by atoms with Crippen molar-refractivity contribution in [2.45, 2.75) is 26.4 Å². The Balaban J connectivity index is 2.66. The van der Waals surface area contributed by atoms with E-state index in [1.54, 1.807) is 19.3 Å². The maximum atomic E-state index is 9.01. The summed E-state index contributed by atoms with van der Waals surface area (Å²) in [5, 5.41) is 9.01. The van der Waals surface area contributed by atoms with Gasteiger partial charge in [0, 0.05) is 18.8 Å². The third-order valence-electron chi connectivity index (χ3n) is 1.34. The SMILES string of the molecule is Cc1cnc(CC(C)O)cn1. The van der Waals surface area contributed by atoms with Crippen LogP contribution in [0.3, 0.4) is 0 Å². The smallest absolute Gasteiger partial charge is 0.0612 e. The summed E-state index contributed by atoms with van der Waals surface area (Å²) in [4.78, 5) is 8.15. The average molecular weight is 152 g/mol. The molecule has 3 nitrogen and oxygen atoms in total. The Morgan fingerprint density at radius 2 is 2.18 bits per heavy atom. The molecule has 0 aliphatic rings. The van der Waals surface area contributed by atoms with Crippen LogP contribution in [0, 0.1) is 6.92 Å². The van der Waals surface area contributed by atoms with E-state index in [1.165, 1.54) is 0 Å². The van der Waals surface area contributed by atoms with Crippen molar-refractivity contribution in [2.24, 2.45) is 0 Å². The Labute approximate surface area is 66.1 Å². The van der Waals surface area contributed by atoms with Crippen LogP contribution in [0.4, 0.5) is 0 Å². The van der Waals surface area contributed by atoms with E-state index in [0.717, 1.165) is 11.4 Å². The number of rotatable bonds is 2. The van der Waals surface area contributed by atoms with Crippen molar-refractivity contribution >= 4 is 0 Å². The predicted octanol–water partition coefficient (Wildman–Crippen LogP) is 0.708. The molecule has 60 valence electrons. The van der Waals surface area contributed by atoms with Gasteiger partial charge in [-0.2, -0.15) is 0 Å². The topological polar surface area (TPSA) is 46.0 Å². The van der Waals surface area contributed by atoms with Gasteiger partial charge in [-0.05, 0) is 13.8 Å². The minimum atomic E-state index is -0.341. The van der Waals surface area contributed by atoms with Gasteiger partial charge in [-0.1, -0.05) is 0 Å². The lowest BCUT2D eigenvalue weighted by molar-refractivity contribution is 0.194. The molecule has 1 aromatic rings. The molecular formula is C8H12N2O. The van der Waals surface area contributed by atoms with Gasteiger partial charge < -0.3 is 5.11 Å². The summed E-state index contributed by atoms with van der Waals surface area (Å²) in [7, 11) is 0. The lowest BCUT2D eigenvalue weighted by atomic mass is 10.2. The van der Waals surface area contributed by atoms with Crippen LogP contribution in [0.1, 0.15) is 18.3 Å². The maximum absolute atomic E-state index is 9.01. The van der Waals surface area contributed by atoms with Crippen LogP contribution in [-0.4, -0.2) is 21.2 Å². The first kappa shape index (κ1) is 8.14. The molecule has 0 amide bonds. The molecule has 1 N–H and O–H groups in total. The summed E-state index contributed by atoms with van der Waals surface area (Å²) in [5.74, 6) is 0. The van der Waals surface area contributed by atoms with Crippen molar-refractivity contribution in [2.75, 3.05) is 0 Å². The number of aryl methyl sites for hydroxylation is 1. The third kappa shape index (κ3) is 2.63. The molecule has 0 aliphatic heterocycles. The van der Waals surface area contributed by atoms with Gasteiger partial charge in [-0.25, -0.2) is 0 Å². The van der Waals surface area contributed by atoms with Crippen molar-refractivity contribution in [3.8, 4) is 0 Å². The molecule has 0 aliphatic carbocycles. The quantitative estimate of drug-likeness (QED) is 0.678. The van der Waals surface area contributed by atoms with Crippen molar-refractivity contribution in [1.82, 2.24) is 9.97 Å². The average Bonchev–Trinajstić information content (AvgIpc) is 1.93. The van der Waals surface area contributed by atoms with Gasteiger partial charge in [0.25, 0.3) is 0 Å². The van der Waals surface area contributed by atoms with Gasteiger partial charge >= 0.3 is 0 Å². The summed E-state index contributed by atoms with van der Waals surface area (Å²) in [6, 6.07) is 0.